The van der Waals surface area contributed by atoms with Gasteiger partial charge in [0.2, 0.25) is 11.9 Å². The minimum Gasteiger partial charge on any atom is -0.277 e. The van der Waals surface area contributed by atoms with Crippen molar-refractivity contribution >= 4 is 43.6 Å². The molecular weight excluding hydrogens is 911 g/mol. The number of benzene rings is 10. The topological polar surface area (TPSA) is 48.5 Å². The van der Waals surface area contributed by atoms with E-state index in [0.717, 1.165) is 60.3 Å². The molecule has 75 heavy (non-hydrogen) atoms. The van der Waals surface area contributed by atoms with Crippen molar-refractivity contribution in [3.05, 3.63) is 306 Å². The van der Waals surface area contributed by atoms with Gasteiger partial charge in [-0.05, 0) is 74.7 Å². The molecule has 0 saturated heterocycles. The van der Waals surface area contributed by atoms with Crippen molar-refractivity contribution < 1.29 is 0 Å². The molecule has 0 bridgehead atoms. The monoisotopic (exact) mass is 957 g/mol. The van der Waals surface area contributed by atoms with Gasteiger partial charge in [-0.2, -0.15) is 15.0 Å². The summed E-state index contributed by atoms with van der Waals surface area (Å²) in [5, 5.41) is 4.49. The first-order valence-electron chi connectivity index (χ1n) is 25.8. The van der Waals surface area contributed by atoms with Gasteiger partial charge in [0.15, 0.2) is 5.82 Å². The lowest BCUT2D eigenvalue weighted by Gasteiger charge is -2.34. The van der Waals surface area contributed by atoms with E-state index in [4.69, 9.17) is 15.0 Å². The van der Waals surface area contributed by atoms with Crippen molar-refractivity contribution in [2.75, 3.05) is 0 Å². The van der Waals surface area contributed by atoms with Gasteiger partial charge in [-0.3, -0.25) is 9.13 Å². The first-order chi connectivity index (χ1) is 37.2. The van der Waals surface area contributed by atoms with Gasteiger partial charge >= 0.3 is 0 Å². The zero-order chi connectivity index (χ0) is 49.8. The second kappa shape index (κ2) is 16.4. The first-order valence-corrected chi connectivity index (χ1v) is 25.8. The third-order valence-corrected chi connectivity index (χ3v) is 16.3. The summed E-state index contributed by atoms with van der Waals surface area (Å²) in [5.74, 6) is 1.65. The number of rotatable bonds is 8. The lowest BCUT2D eigenvalue weighted by molar-refractivity contribution is 0.766. The molecule has 13 aromatic rings. The third kappa shape index (κ3) is 5.75. The van der Waals surface area contributed by atoms with Crippen LogP contribution in [0.25, 0.3) is 89.2 Å². The fourth-order valence-electron chi connectivity index (χ4n) is 13.4. The standard InChI is InChI=1S/C70H47N5/c1-3-46(4-2)69(47-27-11-6-12-28-47)56-37-21-17-35-54(56)62-58(69)43-41-52-50-33-19-23-39-60(50)74(64(52)62)67-71-66(45-25-9-5-10-26-45)72-68(73-67)75-61-40-24-20-34-51(61)53-42-44-59-63(65(53)75)55-36-18-22-38-57(55)70(59,48-29-13-7-14-30-48)49-31-15-8-16-32-49/h3-44H,1H2,2H3/b46-4+. The van der Waals surface area contributed by atoms with Crippen LogP contribution >= 0.6 is 0 Å². The molecule has 1 unspecified atom stereocenters. The second-order valence-electron chi connectivity index (χ2n) is 19.7. The number of nitrogens with zero attached hydrogens (tertiary/aromatic N) is 5. The Morgan fingerprint density at radius 1 is 0.400 bits per heavy atom. The van der Waals surface area contributed by atoms with E-state index in [0.29, 0.717) is 17.7 Å². The lowest BCUT2D eigenvalue weighted by Crippen LogP contribution is -2.28. The van der Waals surface area contributed by atoms with Gasteiger partial charge in [-0.1, -0.05) is 249 Å². The maximum absolute atomic E-state index is 5.80. The van der Waals surface area contributed by atoms with Crippen LogP contribution in [0.2, 0.25) is 0 Å². The molecule has 0 radical (unpaired) electrons. The van der Waals surface area contributed by atoms with Crippen LogP contribution < -0.4 is 0 Å². The van der Waals surface area contributed by atoms with Crippen molar-refractivity contribution in [1.82, 2.24) is 24.1 Å². The van der Waals surface area contributed by atoms with E-state index in [1.165, 1.54) is 55.6 Å². The zero-order valence-electron chi connectivity index (χ0n) is 41.2. The summed E-state index contributed by atoms with van der Waals surface area (Å²) in [7, 11) is 0. The number of allylic oxidation sites excluding steroid dienone is 3. The van der Waals surface area contributed by atoms with Gasteiger partial charge in [0.25, 0.3) is 0 Å². The Balaban J connectivity index is 1.09. The average molecular weight is 958 g/mol. The van der Waals surface area contributed by atoms with Crippen molar-refractivity contribution in [2.45, 2.75) is 17.8 Å². The molecule has 0 spiro atoms. The second-order valence-corrected chi connectivity index (χ2v) is 19.7. The molecule has 15 rings (SSSR count). The van der Waals surface area contributed by atoms with Crippen LogP contribution in [0.5, 0.6) is 0 Å². The van der Waals surface area contributed by atoms with Gasteiger partial charge in [0.05, 0.1) is 32.9 Å². The predicted octanol–water partition coefficient (Wildman–Crippen LogP) is 16.5. The average Bonchev–Trinajstić information content (AvgIpc) is 4.37. The fraction of sp³-hybridized carbons (Fsp3) is 0.0429. The Bertz CT molecular complexity index is 4450. The number of fused-ring (bicyclic) bond motifs is 14. The van der Waals surface area contributed by atoms with Gasteiger partial charge in [-0.15, -0.1) is 0 Å². The molecule has 2 aliphatic carbocycles. The molecule has 0 aliphatic heterocycles. The fourth-order valence-corrected chi connectivity index (χ4v) is 13.4. The highest BCUT2D eigenvalue weighted by molar-refractivity contribution is 6.17. The van der Waals surface area contributed by atoms with E-state index in [9.17, 15) is 0 Å². The predicted molar refractivity (Wildman–Crippen MR) is 307 cm³/mol. The Morgan fingerprint density at radius 2 is 0.840 bits per heavy atom. The molecule has 5 nitrogen and oxygen atoms in total. The van der Waals surface area contributed by atoms with Crippen LogP contribution in [0.15, 0.2) is 267 Å². The summed E-state index contributed by atoms with van der Waals surface area (Å²) in [5.41, 5.74) is 18.1. The van der Waals surface area contributed by atoms with E-state index in [2.05, 4.69) is 265 Å². The smallest absolute Gasteiger partial charge is 0.240 e. The first kappa shape index (κ1) is 42.9. The summed E-state index contributed by atoms with van der Waals surface area (Å²) >= 11 is 0. The van der Waals surface area contributed by atoms with Crippen LogP contribution in [0.1, 0.15) is 45.9 Å². The number of aromatic nitrogens is 5. The van der Waals surface area contributed by atoms with E-state index < -0.39 is 10.8 Å². The van der Waals surface area contributed by atoms with Gasteiger partial charge in [0, 0.05) is 38.2 Å². The number of hydrogen-bond acceptors (Lipinski definition) is 3. The molecule has 0 fully saturated rings. The minimum absolute atomic E-state index is 0.532. The summed E-state index contributed by atoms with van der Waals surface area (Å²) in [6, 6.07) is 87.9. The molecule has 352 valence electrons. The Hall–Kier alpha value is -9.71. The Kier molecular flexibility index (Phi) is 9.39. The Labute approximate surface area is 434 Å². The lowest BCUT2D eigenvalue weighted by atomic mass is 9.67. The molecule has 5 heteroatoms. The summed E-state index contributed by atoms with van der Waals surface area (Å²) < 4.78 is 4.63. The highest BCUT2D eigenvalue weighted by atomic mass is 15.3. The largest absolute Gasteiger partial charge is 0.277 e. The molecule has 1 atom stereocenters. The molecule has 3 aromatic heterocycles. The van der Waals surface area contributed by atoms with Crippen LogP contribution in [-0.2, 0) is 10.8 Å². The van der Waals surface area contributed by atoms with E-state index in [-0.39, 0.29) is 0 Å². The normalized spacial score (nSPS) is 15.3. The highest BCUT2D eigenvalue weighted by Crippen LogP contribution is 2.61. The van der Waals surface area contributed by atoms with Crippen LogP contribution in [-0.4, -0.2) is 24.1 Å². The number of hydrogen-bond donors (Lipinski definition) is 0. The molecule has 0 saturated carbocycles. The summed E-state index contributed by atoms with van der Waals surface area (Å²) in [4.78, 5) is 16.9. The molecule has 10 aromatic carbocycles. The molecule has 0 amide bonds. The zero-order valence-corrected chi connectivity index (χ0v) is 41.2. The van der Waals surface area contributed by atoms with E-state index in [1.54, 1.807) is 0 Å². The van der Waals surface area contributed by atoms with Crippen molar-refractivity contribution in [1.29, 1.82) is 0 Å². The molecular formula is C70H47N5. The maximum atomic E-state index is 5.80. The van der Waals surface area contributed by atoms with Gasteiger partial charge < -0.3 is 0 Å². The van der Waals surface area contributed by atoms with Crippen LogP contribution in [0.3, 0.4) is 0 Å². The molecule has 3 heterocycles. The van der Waals surface area contributed by atoms with Crippen molar-refractivity contribution in [3.63, 3.8) is 0 Å². The highest BCUT2D eigenvalue weighted by Gasteiger charge is 2.49. The van der Waals surface area contributed by atoms with Crippen molar-refractivity contribution in [2.24, 2.45) is 0 Å². The minimum atomic E-state index is -0.632. The van der Waals surface area contributed by atoms with Gasteiger partial charge in [0.1, 0.15) is 0 Å². The summed E-state index contributed by atoms with van der Waals surface area (Å²) in [6.07, 6.45) is 4.26. The Morgan fingerprint density at radius 3 is 1.39 bits per heavy atom. The summed E-state index contributed by atoms with van der Waals surface area (Å²) in [6.45, 7) is 6.57. The third-order valence-electron chi connectivity index (χ3n) is 16.3. The van der Waals surface area contributed by atoms with Crippen LogP contribution in [0.4, 0.5) is 0 Å². The molecule has 2 aliphatic rings. The quantitative estimate of drug-likeness (QED) is 0.143. The van der Waals surface area contributed by atoms with E-state index in [1.807, 2.05) is 12.1 Å². The molecule has 0 N–H and O–H groups in total. The van der Waals surface area contributed by atoms with Crippen molar-refractivity contribution in [3.8, 4) is 45.5 Å². The van der Waals surface area contributed by atoms with Gasteiger partial charge in [-0.25, -0.2) is 0 Å². The SMILES string of the molecule is C=C/C(=C\C)C1(c2ccccc2)c2ccccc2-c2c1ccc1c3ccccc3n(-c3nc(-c4ccccc4)nc(-n4c5ccccc5c5ccc6c(c54)-c4ccccc4C6(c4ccccc4)c4ccccc4)n3)c21. The maximum Gasteiger partial charge on any atom is 0.240 e. The van der Waals surface area contributed by atoms with E-state index >= 15 is 0 Å². The van der Waals surface area contributed by atoms with Crippen LogP contribution in [0, 0.1) is 0 Å². The number of para-hydroxylation sites is 2.